The van der Waals surface area contributed by atoms with Crippen LogP contribution >= 0.6 is 11.8 Å². The molecule has 0 unspecified atom stereocenters. The summed E-state index contributed by atoms with van der Waals surface area (Å²) in [7, 11) is -3.45. The summed E-state index contributed by atoms with van der Waals surface area (Å²) in [4.78, 5) is 0. The highest BCUT2D eigenvalue weighted by molar-refractivity contribution is 7.98. The first-order chi connectivity index (χ1) is 11.1. The Morgan fingerprint density at radius 3 is 2.48 bits per heavy atom. The number of rotatable bonds is 8. The fourth-order valence-corrected chi connectivity index (χ4v) is 3.63. The summed E-state index contributed by atoms with van der Waals surface area (Å²) >= 11 is 1.48. The first-order valence-corrected chi connectivity index (χ1v) is 9.81. The van der Waals surface area contributed by atoms with Gasteiger partial charge in [0.25, 0.3) is 0 Å². The Hall–Kier alpha value is -1.63. The molecule has 3 nitrogen and oxygen atoms in total. The molecule has 0 radical (unpaired) electrons. The molecule has 0 spiro atoms. The molecule has 0 aliphatic rings. The molecule has 122 valence electrons. The minimum Gasteiger partial charge on any atom is -0.211 e. The molecule has 0 amide bonds. The molecule has 0 aliphatic heterocycles. The van der Waals surface area contributed by atoms with Gasteiger partial charge in [-0.2, -0.15) is 11.8 Å². The quantitative estimate of drug-likeness (QED) is 0.739. The van der Waals surface area contributed by atoms with E-state index in [0.717, 1.165) is 11.0 Å². The second-order valence-corrected chi connectivity index (χ2v) is 7.55. The molecule has 0 fully saturated rings. The standard InChI is InChI=1S/C17H18FNO2S2/c18-17-9-5-4-8-16(17)14-22-12-11-19-23(20,21)13-10-15-6-2-1-3-7-15/h1-10,13,19H,11-12,14H2/b13-10+. The Labute approximate surface area is 140 Å². The minimum absolute atomic E-state index is 0.230. The van der Waals surface area contributed by atoms with Crippen molar-refractivity contribution in [3.63, 3.8) is 0 Å². The highest BCUT2D eigenvalue weighted by atomic mass is 32.2. The Morgan fingerprint density at radius 1 is 1.04 bits per heavy atom. The molecule has 0 aliphatic carbocycles. The topological polar surface area (TPSA) is 46.2 Å². The van der Waals surface area contributed by atoms with Crippen LogP contribution in [-0.4, -0.2) is 20.7 Å². The smallest absolute Gasteiger partial charge is 0.211 e. The zero-order valence-electron chi connectivity index (χ0n) is 12.5. The van der Waals surface area contributed by atoms with Crippen molar-refractivity contribution in [2.24, 2.45) is 0 Å². The van der Waals surface area contributed by atoms with Crippen LogP contribution in [0.4, 0.5) is 4.39 Å². The van der Waals surface area contributed by atoms with Crippen LogP contribution in [0.1, 0.15) is 11.1 Å². The van der Waals surface area contributed by atoms with E-state index in [0.29, 0.717) is 23.6 Å². The highest BCUT2D eigenvalue weighted by Crippen LogP contribution is 2.14. The molecule has 6 heteroatoms. The number of thioether (sulfide) groups is 1. The summed E-state index contributed by atoms with van der Waals surface area (Å²) in [6, 6.07) is 15.8. The highest BCUT2D eigenvalue weighted by Gasteiger charge is 2.05. The van der Waals surface area contributed by atoms with Gasteiger partial charge in [-0.3, -0.25) is 0 Å². The van der Waals surface area contributed by atoms with E-state index in [-0.39, 0.29) is 5.82 Å². The molecule has 0 aromatic heterocycles. The molecule has 0 saturated carbocycles. The van der Waals surface area contributed by atoms with E-state index in [1.807, 2.05) is 30.3 Å². The fraction of sp³-hybridized carbons (Fsp3) is 0.176. The molecule has 1 N–H and O–H groups in total. The number of benzene rings is 2. The van der Waals surface area contributed by atoms with Crippen molar-refractivity contribution in [2.45, 2.75) is 5.75 Å². The van der Waals surface area contributed by atoms with E-state index in [1.54, 1.807) is 24.3 Å². The van der Waals surface area contributed by atoms with Crippen molar-refractivity contribution in [1.82, 2.24) is 4.72 Å². The van der Waals surface area contributed by atoms with Crippen LogP contribution in [0.15, 0.2) is 60.0 Å². The molecular formula is C17H18FNO2S2. The van der Waals surface area contributed by atoms with Crippen LogP contribution in [0.3, 0.4) is 0 Å². The van der Waals surface area contributed by atoms with Crippen molar-refractivity contribution in [2.75, 3.05) is 12.3 Å². The maximum Gasteiger partial charge on any atom is 0.233 e. The second kappa shape index (κ2) is 8.86. The average molecular weight is 351 g/mol. The summed E-state index contributed by atoms with van der Waals surface area (Å²) in [5, 5.41) is 1.16. The third kappa shape index (κ3) is 6.56. The normalized spacial score (nSPS) is 11.9. The molecule has 2 aromatic rings. The zero-order chi connectivity index (χ0) is 16.5. The lowest BCUT2D eigenvalue weighted by atomic mass is 10.2. The maximum atomic E-state index is 13.4. The first kappa shape index (κ1) is 17.7. The lowest BCUT2D eigenvalue weighted by Gasteiger charge is -2.04. The Bertz CT molecular complexity index is 746. The largest absolute Gasteiger partial charge is 0.233 e. The fourth-order valence-electron chi connectivity index (χ4n) is 1.83. The predicted molar refractivity (Wildman–Crippen MR) is 95.0 cm³/mol. The maximum absolute atomic E-state index is 13.4. The molecule has 2 aromatic carbocycles. The van der Waals surface area contributed by atoms with Gasteiger partial charge in [0.1, 0.15) is 5.82 Å². The molecule has 0 heterocycles. The lowest BCUT2D eigenvalue weighted by molar-refractivity contribution is 0.593. The van der Waals surface area contributed by atoms with Gasteiger partial charge in [-0.05, 0) is 23.3 Å². The van der Waals surface area contributed by atoms with E-state index in [9.17, 15) is 12.8 Å². The number of hydrogen-bond donors (Lipinski definition) is 1. The molecular weight excluding hydrogens is 333 g/mol. The molecule has 2 rings (SSSR count). The average Bonchev–Trinajstić information content (AvgIpc) is 2.55. The van der Waals surface area contributed by atoms with Crippen LogP contribution < -0.4 is 4.72 Å². The van der Waals surface area contributed by atoms with Gasteiger partial charge in [0.05, 0.1) is 0 Å². The van der Waals surface area contributed by atoms with Crippen LogP contribution in [0.25, 0.3) is 6.08 Å². The first-order valence-electron chi connectivity index (χ1n) is 7.11. The van der Waals surface area contributed by atoms with Crippen LogP contribution in [0, 0.1) is 5.82 Å². The molecule has 0 atom stereocenters. The predicted octanol–water partition coefficient (Wildman–Crippen LogP) is 3.65. The molecule has 0 saturated heterocycles. The van der Waals surface area contributed by atoms with Gasteiger partial charge in [-0.25, -0.2) is 17.5 Å². The van der Waals surface area contributed by atoms with Crippen LogP contribution in [0.2, 0.25) is 0 Å². The van der Waals surface area contributed by atoms with Gasteiger partial charge in [-0.1, -0.05) is 48.5 Å². The van der Waals surface area contributed by atoms with Crippen LogP contribution in [-0.2, 0) is 15.8 Å². The van der Waals surface area contributed by atoms with Crippen molar-refractivity contribution in [1.29, 1.82) is 0 Å². The van der Waals surface area contributed by atoms with Gasteiger partial charge in [0.15, 0.2) is 0 Å². The van der Waals surface area contributed by atoms with Gasteiger partial charge < -0.3 is 0 Å². The molecule has 23 heavy (non-hydrogen) atoms. The summed E-state index contributed by atoms with van der Waals surface area (Å²) in [6.45, 7) is 0.306. The van der Waals surface area contributed by atoms with Crippen molar-refractivity contribution >= 4 is 27.9 Å². The van der Waals surface area contributed by atoms with Crippen molar-refractivity contribution in [3.05, 3.63) is 76.9 Å². The summed E-state index contributed by atoms with van der Waals surface area (Å²) in [5.41, 5.74) is 1.45. The SMILES string of the molecule is O=S(=O)(/C=C/c1ccccc1)NCCSCc1ccccc1F. The Morgan fingerprint density at radius 2 is 1.74 bits per heavy atom. The summed E-state index contributed by atoms with van der Waals surface area (Å²) in [6.07, 6.45) is 1.55. The number of hydrogen-bond acceptors (Lipinski definition) is 3. The summed E-state index contributed by atoms with van der Waals surface area (Å²) in [5.74, 6) is 0.868. The molecule has 0 bridgehead atoms. The van der Waals surface area contributed by atoms with Crippen molar-refractivity contribution < 1.29 is 12.8 Å². The van der Waals surface area contributed by atoms with Crippen molar-refractivity contribution in [3.8, 4) is 0 Å². The van der Waals surface area contributed by atoms with E-state index in [1.165, 1.54) is 17.8 Å². The third-order valence-electron chi connectivity index (χ3n) is 3.00. The summed E-state index contributed by atoms with van der Waals surface area (Å²) < 4.78 is 39.6. The Balaban J connectivity index is 1.73. The van der Waals surface area contributed by atoms with Crippen LogP contribution in [0.5, 0.6) is 0 Å². The van der Waals surface area contributed by atoms with Gasteiger partial charge >= 0.3 is 0 Å². The van der Waals surface area contributed by atoms with Gasteiger partial charge in [-0.15, -0.1) is 0 Å². The number of nitrogens with one attached hydrogen (secondary N) is 1. The third-order valence-corrected chi connectivity index (χ3v) is 5.11. The lowest BCUT2D eigenvalue weighted by Crippen LogP contribution is -2.23. The van der Waals surface area contributed by atoms with E-state index < -0.39 is 10.0 Å². The van der Waals surface area contributed by atoms with E-state index in [2.05, 4.69) is 4.72 Å². The number of sulfonamides is 1. The van der Waals surface area contributed by atoms with Gasteiger partial charge in [0.2, 0.25) is 10.0 Å². The second-order valence-electron chi connectivity index (χ2n) is 4.80. The zero-order valence-corrected chi connectivity index (χ0v) is 14.1. The van der Waals surface area contributed by atoms with Gasteiger partial charge in [0, 0.05) is 23.5 Å². The minimum atomic E-state index is -3.45. The monoisotopic (exact) mass is 351 g/mol. The van der Waals surface area contributed by atoms with E-state index >= 15 is 0 Å². The Kier molecular flexibility index (Phi) is 6.83. The van der Waals surface area contributed by atoms with E-state index in [4.69, 9.17) is 0 Å². The number of halogens is 1.